The van der Waals surface area contributed by atoms with Crippen LogP contribution < -0.4 is 0 Å². The molecule has 0 aromatic heterocycles. The van der Waals surface area contributed by atoms with Gasteiger partial charge in [-0.3, -0.25) is 40.5 Å². The molecule has 10 atom stereocenters. The number of nitro benzene ring substituents is 4. The lowest BCUT2D eigenvalue weighted by molar-refractivity contribution is -0.394. The Labute approximate surface area is 334 Å². The second-order valence-electron chi connectivity index (χ2n) is 17.7. The lowest BCUT2D eigenvalue weighted by atomic mass is 9.44. The predicted molar refractivity (Wildman–Crippen MR) is 206 cm³/mol. The number of carbonyl (C=O) groups is 2. The van der Waals surface area contributed by atoms with Crippen LogP contribution in [0.2, 0.25) is 0 Å². The van der Waals surface area contributed by atoms with Crippen molar-refractivity contribution in [3.05, 3.63) is 99.3 Å². The van der Waals surface area contributed by atoms with Crippen molar-refractivity contribution in [3.8, 4) is 0 Å². The molecular formula is C41H48N4O13. The zero-order valence-corrected chi connectivity index (χ0v) is 33.0. The van der Waals surface area contributed by atoms with Crippen molar-refractivity contribution >= 4 is 34.7 Å². The highest BCUT2D eigenvalue weighted by Crippen LogP contribution is 2.70. The van der Waals surface area contributed by atoms with Crippen molar-refractivity contribution in [1.29, 1.82) is 0 Å². The Bertz CT molecular complexity index is 2040. The molecular weight excluding hydrogens is 756 g/mol. The van der Waals surface area contributed by atoms with Crippen molar-refractivity contribution in [2.24, 2.45) is 46.3 Å². The Morgan fingerprint density at radius 3 is 1.88 bits per heavy atom. The monoisotopic (exact) mass is 804 g/mol. The summed E-state index contributed by atoms with van der Waals surface area (Å²) in [6.07, 6.45) is 8.61. The molecule has 17 heteroatoms. The van der Waals surface area contributed by atoms with Gasteiger partial charge in [0.05, 0.1) is 55.3 Å². The largest absolute Gasteiger partial charge is 0.494 e. The Kier molecular flexibility index (Phi) is 10.8. The minimum Gasteiger partial charge on any atom is -0.494 e. The highest BCUT2D eigenvalue weighted by molar-refractivity contribution is 5.91. The molecule has 58 heavy (non-hydrogen) atoms. The number of nitrogens with zero attached hydrogens (tertiary/aromatic N) is 4. The Balaban J connectivity index is 0.945. The van der Waals surface area contributed by atoms with E-state index in [9.17, 15) is 50.0 Å². The molecule has 5 aliphatic rings. The number of esters is 2. The third-order valence-corrected chi connectivity index (χ3v) is 14.6. The SMILES string of the molecule is CC1=C(CCC(C)COC(=O)c2cc([N+](=O)[O-])cc([N+](=O)[O-])c2)O[C@H]2C[C@H]3[C@@H]4CCC5CC(OC(=O)c6cc([N+](=O)[O-])cc([N+](=O)[O-])c6)CC[C@]5(C)[C@H]4CC[C@]3(C)[C@@H]12. The molecule has 0 bridgehead atoms. The maximum atomic E-state index is 13.1. The van der Waals surface area contributed by atoms with Crippen LogP contribution in [0.4, 0.5) is 22.7 Å². The van der Waals surface area contributed by atoms with Crippen LogP contribution in [-0.4, -0.2) is 50.4 Å². The van der Waals surface area contributed by atoms with E-state index >= 15 is 0 Å². The van der Waals surface area contributed by atoms with Gasteiger partial charge < -0.3 is 14.2 Å². The summed E-state index contributed by atoms with van der Waals surface area (Å²) in [5, 5.41) is 45.2. The molecule has 0 saturated heterocycles. The fourth-order valence-electron chi connectivity index (χ4n) is 11.7. The Hall–Kier alpha value is -5.48. The lowest BCUT2D eigenvalue weighted by Crippen LogP contribution is -2.54. The van der Waals surface area contributed by atoms with Gasteiger partial charge in [-0.1, -0.05) is 20.8 Å². The fraction of sp³-hybridized carbons (Fsp3) is 0.610. The van der Waals surface area contributed by atoms with Crippen LogP contribution in [0.15, 0.2) is 47.7 Å². The highest BCUT2D eigenvalue weighted by Gasteiger charge is 2.64. The third-order valence-electron chi connectivity index (χ3n) is 14.6. The number of carbonyl (C=O) groups excluding carboxylic acids is 2. The minimum absolute atomic E-state index is 0.0446. The van der Waals surface area contributed by atoms with Crippen molar-refractivity contribution < 1.29 is 43.5 Å². The zero-order valence-electron chi connectivity index (χ0n) is 33.0. The summed E-state index contributed by atoms with van der Waals surface area (Å²) in [7, 11) is 0. The molecule has 7 rings (SSSR count). The topological polar surface area (TPSA) is 234 Å². The van der Waals surface area contributed by atoms with Crippen LogP contribution in [0.3, 0.4) is 0 Å². The third kappa shape index (κ3) is 7.39. The van der Waals surface area contributed by atoms with E-state index in [1.807, 2.05) is 6.92 Å². The molecule has 3 unspecified atom stereocenters. The van der Waals surface area contributed by atoms with E-state index in [-0.39, 0.29) is 46.7 Å². The van der Waals surface area contributed by atoms with Crippen molar-refractivity contribution in [2.45, 2.75) is 104 Å². The second kappa shape index (κ2) is 15.4. The zero-order chi connectivity index (χ0) is 41.8. The molecule has 310 valence electrons. The van der Waals surface area contributed by atoms with E-state index < -0.39 is 54.4 Å². The second-order valence-corrected chi connectivity index (χ2v) is 17.7. The van der Waals surface area contributed by atoms with Gasteiger partial charge in [0.2, 0.25) is 0 Å². The smallest absolute Gasteiger partial charge is 0.338 e. The van der Waals surface area contributed by atoms with Gasteiger partial charge in [-0.2, -0.15) is 0 Å². The molecule has 1 heterocycles. The van der Waals surface area contributed by atoms with E-state index in [0.717, 1.165) is 80.7 Å². The van der Waals surface area contributed by atoms with Gasteiger partial charge in [-0.15, -0.1) is 0 Å². The first-order chi connectivity index (χ1) is 27.4. The van der Waals surface area contributed by atoms with Gasteiger partial charge in [0.1, 0.15) is 12.2 Å². The Morgan fingerprint density at radius 2 is 1.31 bits per heavy atom. The quantitative estimate of drug-likeness (QED) is 0.111. The number of benzene rings is 2. The van der Waals surface area contributed by atoms with Gasteiger partial charge in [-0.05, 0) is 111 Å². The number of allylic oxidation sites excluding steroid dienone is 1. The maximum absolute atomic E-state index is 13.1. The number of fused-ring (bicyclic) bond motifs is 7. The first-order valence-electron chi connectivity index (χ1n) is 20.0. The van der Waals surface area contributed by atoms with E-state index in [4.69, 9.17) is 14.2 Å². The molecule has 0 N–H and O–H groups in total. The van der Waals surface area contributed by atoms with Gasteiger partial charge in [-0.25, -0.2) is 9.59 Å². The Morgan fingerprint density at radius 1 is 0.759 bits per heavy atom. The van der Waals surface area contributed by atoms with Gasteiger partial charge in [0, 0.05) is 36.6 Å². The van der Waals surface area contributed by atoms with Crippen molar-refractivity contribution in [1.82, 2.24) is 0 Å². The van der Waals surface area contributed by atoms with Gasteiger partial charge in [0.15, 0.2) is 0 Å². The summed E-state index contributed by atoms with van der Waals surface area (Å²) in [5.74, 6) is 1.55. The van der Waals surface area contributed by atoms with Crippen LogP contribution in [-0.2, 0) is 14.2 Å². The molecule has 0 radical (unpaired) electrons. The average molecular weight is 805 g/mol. The summed E-state index contributed by atoms with van der Waals surface area (Å²) < 4.78 is 18.0. The molecule has 2 aromatic rings. The average Bonchev–Trinajstić information content (AvgIpc) is 3.67. The normalized spacial score (nSPS) is 31.4. The fourth-order valence-corrected chi connectivity index (χ4v) is 11.7. The van der Waals surface area contributed by atoms with E-state index in [0.29, 0.717) is 55.3 Å². The summed E-state index contributed by atoms with van der Waals surface area (Å²) in [4.78, 5) is 68.0. The van der Waals surface area contributed by atoms with E-state index in [1.165, 1.54) is 5.57 Å². The van der Waals surface area contributed by atoms with Crippen molar-refractivity contribution in [3.63, 3.8) is 0 Å². The summed E-state index contributed by atoms with van der Waals surface area (Å²) in [6.45, 7) is 9.01. The summed E-state index contributed by atoms with van der Waals surface area (Å²) in [5.41, 5.74) is -1.16. The first kappa shape index (κ1) is 40.7. The molecule has 4 saturated carbocycles. The van der Waals surface area contributed by atoms with Crippen LogP contribution in [0.25, 0.3) is 0 Å². The van der Waals surface area contributed by atoms with Crippen LogP contribution >= 0.6 is 0 Å². The number of hydrogen-bond donors (Lipinski definition) is 0. The van der Waals surface area contributed by atoms with Crippen LogP contribution in [0.1, 0.15) is 113 Å². The molecule has 0 spiro atoms. The number of rotatable bonds is 12. The molecule has 2 aromatic carbocycles. The summed E-state index contributed by atoms with van der Waals surface area (Å²) >= 11 is 0. The number of hydrogen-bond acceptors (Lipinski definition) is 13. The standard InChI is InChI=1S/C41H48N4O13/c1-22(21-56-38(46)24-13-27(42(48)49)18-28(14-24)43(50)51)5-8-35-23(2)37-36(58-35)20-34-32-7-6-26-17-31(9-11-40(26,3)33(32)10-12-41(34,37)4)57-39(47)25-15-29(44(52)53)19-30(16-25)45(54)55/h13-16,18-19,22,26,31-34,36-37H,5-12,17,20-21H2,1-4H3/t22?,26?,31?,32-,33+,34+,36+,37+,40+,41+/m1/s1. The number of nitro groups is 4. The number of ether oxygens (including phenoxy) is 3. The molecule has 0 amide bonds. The number of non-ortho nitro benzene ring substituents is 4. The minimum atomic E-state index is -0.858. The predicted octanol–water partition coefficient (Wildman–Crippen LogP) is 9.06. The maximum Gasteiger partial charge on any atom is 0.338 e. The van der Waals surface area contributed by atoms with Crippen LogP contribution in [0, 0.1) is 86.8 Å². The van der Waals surface area contributed by atoms with Crippen LogP contribution in [0.5, 0.6) is 0 Å². The van der Waals surface area contributed by atoms with E-state index in [2.05, 4.69) is 20.8 Å². The molecule has 4 aliphatic carbocycles. The van der Waals surface area contributed by atoms with Gasteiger partial charge >= 0.3 is 11.9 Å². The molecule has 4 fully saturated rings. The first-order valence-corrected chi connectivity index (χ1v) is 20.0. The van der Waals surface area contributed by atoms with Crippen molar-refractivity contribution in [2.75, 3.05) is 6.61 Å². The summed E-state index contributed by atoms with van der Waals surface area (Å²) in [6, 6.07) is 5.64. The van der Waals surface area contributed by atoms with Gasteiger partial charge in [0.25, 0.3) is 22.7 Å². The lowest BCUT2D eigenvalue weighted by Gasteiger charge is -2.61. The molecule has 17 nitrogen and oxygen atoms in total. The molecule has 1 aliphatic heterocycles. The highest BCUT2D eigenvalue weighted by atomic mass is 16.6. The van der Waals surface area contributed by atoms with E-state index in [1.54, 1.807) is 0 Å².